The molecule has 19 heavy (non-hydrogen) atoms. The summed E-state index contributed by atoms with van der Waals surface area (Å²) in [4.78, 5) is 27.9. The van der Waals surface area contributed by atoms with Crippen molar-refractivity contribution in [1.29, 1.82) is 0 Å². The minimum atomic E-state index is -0.260. The Balaban J connectivity index is 1.97. The summed E-state index contributed by atoms with van der Waals surface area (Å²) in [7, 11) is 0. The fourth-order valence-corrected chi connectivity index (χ4v) is 3.06. The van der Waals surface area contributed by atoms with Gasteiger partial charge in [-0.2, -0.15) is 0 Å². The Labute approximate surface area is 115 Å². The lowest BCUT2D eigenvalue weighted by Crippen LogP contribution is -2.51. The van der Waals surface area contributed by atoms with Gasteiger partial charge in [-0.1, -0.05) is 0 Å². The summed E-state index contributed by atoms with van der Waals surface area (Å²) in [6.45, 7) is 8.35. The van der Waals surface area contributed by atoms with Gasteiger partial charge in [0.1, 0.15) is 0 Å². The van der Waals surface area contributed by atoms with Crippen LogP contribution < -0.4 is 5.32 Å². The molecule has 0 bridgehead atoms. The van der Waals surface area contributed by atoms with E-state index in [0.29, 0.717) is 13.1 Å². The van der Waals surface area contributed by atoms with Crippen molar-refractivity contribution in [3.8, 4) is 0 Å². The quantitative estimate of drug-likeness (QED) is 0.751. The molecule has 108 valence electrons. The van der Waals surface area contributed by atoms with Crippen LogP contribution in [0.4, 0.5) is 0 Å². The van der Waals surface area contributed by atoms with Gasteiger partial charge in [0, 0.05) is 39.6 Å². The minimum absolute atomic E-state index is 0.111. The van der Waals surface area contributed by atoms with Gasteiger partial charge in [-0.05, 0) is 32.7 Å². The number of nitrogens with one attached hydrogen (secondary N) is 1. The van der Waals surface area contributed by atoms with Gasteiger partial charge in [0.05, 0.1) is 5.41 Å². The number of amides is 2. The van der Waals surface area contributed by atoms with Crippen molar-refractivity contribution in [2.24, 2.45) is 5.41 Å². The van der Waals surface area contributed by atoms with E-state index >= 15 is 0 Å². The van der Waals surface area contributed by atoms with Crippen molar-refractivity contribution in [3.05, 3.63) is 0 Å². The van der Waals surface area contributed by atoms with Crippen molar-refractivity contribution in [2.45, 2.75) is 33.1 Å². The highest BCUT2D eigenvalue weighted by Gasteiger charge is 2.38. The van der Waals surface area contributed by atoms with Crippen LogP contribution in [0, 0.1) is 5.41 Å². The van der Waals surface area contributed by atoms with Gasteiger partial charge in [-0.3, -0.25) is 9.59 Å². The van der Waals surface area contributed by atoms with E-state index in [1.165, 1.54) is 0 Å². The first kappa shape index (κ1) is 14.3. The number of rotatable bonds is 1. The molecule has 2 amide bonds. The largest absolute Gasteiger partial charge is 0.341 e. The van der Waals surface area contributed by atoms with Gasteiger partial charge in [-0.25, -0.2) is 0 Å². The van der Waals surface area contributed by atoms with Crippen LogP contribution in [-0.2, 0) is 9.59 Å². The molecule has 1 unspecified atom stereocenters. The van der Waals surface area contributed by atoms with Crippen LogP contribution in [0.5, 0.6) is 0 Å². The molecule has 2 aliphatic heterocycles. The summed E-state index contributed by atoms with van der Waals surface area (Å²) in [5, 5.41) is 3.33. The van der Waals surface area contributed by atoms with Gasteiger partial charge >= 0.3 is 0 Å². The summed E-state index contributed by atoms with van der Waals surface area (Å²) in [6, 6.07) is 0. The maximum absolute atomic E-state index is 12.7. The molecule has 5 heteroatoms. The van der Waals surface area contributed by atoms with E-state index in [0.717, 1.165) is 45.4 Å². The summed E-state index contributed by atoms with van der Waals surface area (Å²) in [5.41, 5.74) is -0.260. The Bertz CT molecular complexity index is 351. The summed E-state index contributed by atoms with van der Waals surface area (Å²) < 4.78 is 0. The molecule has 0 saturated carbocycles. The Kier molecular flexibility index (Phi) is 4.45. The van der Waals surface area contributed by atoms with Crippen molar-refractivity contribution in [2.75, 3.05) is 39.3 Å². The van der Waals surface area contributed by atoms with Crippen molar-refractivity contribution < 1.29 is 9.59 Å². The average molecular weight is 267 g/mol. The topological polar surface area (TPSA) is 52.7 Å². The number of hydrogen-bond donors (Lipinski definition) is 1. The zero-order valence-corrected chi connectivity index (χ0v) is 12.1. The molecule has 2 heterocycles. The summed E-state index contributed by atoms with van der Waals surface area (Å²) in [6.07, 6.45) is 2.91. The van der Waals surface area contributed by atoms with Crippen LogP contribution in [0.15, 0.2) is 0 Å². The van der Waals surface area contributed by atoms with Crippen LogP contribution in [-0.4, -0.2) is 60.9 Å². The van der Waals surface area contributed by atoms with E-state index in [1.54, 1.807) is 6.92 Å². The predicted molar refractivity (Wildman–Crippen MR) is 73.7 cm³/mol. The molecule has 1 N–H and O–H groups in total. The molecule has 2 fully saturated rings. The smallest absolute Gasteiger partial charge is 0.229 e. The average Bonchev–Trinajstić information content (AvgIpc) is 2.64. The summed E-state index contributed by atoms with van der Waals surface area (Å²) >= 11 is 0. The summed E-state index contributed by atoms with van der Waals surface area (Å²) in [5.74, 6) is 0.366. The monoisotopic (exact) mass is 267 g/mol. The number of carbonyl (C=O) groups excluding carboxylic acids is 2. The number of nitrogens with zero attached hydrogens (tertiary/aromatic N) is 2. The molecular formula is C14H25N3O2. The highest BCUT2D eigenvalue weighted by Crippen LogP contribution is 2.28. The fraction of sp³-hybridized carbons (Fsp3) is 0.857. The van der Waals surface area contributed by atoms with Gasteiger partial charge in [0.25, 0.3) is 0 Å². The van der Waals surface area contributed by atoms with Gasteiger partial charge in [-0.15, -0.1) is 0 Å². The maximum Gasteiger partial charge on any atom is 0.229 e. The van der Waals surface area contributed by atoms with E-state index in [9.17, 15) is 9.59 Å². The van der Waals surface area contributed by atoms with Gasteiger partial charge in [0.2, 0.25) is 11.8 Å². The molecule has 2 saturated heterocycles. The second kappa shape index (κ2) is 5.90. The van der Waals surface area contributed by atoms with Crippen molar-refractivity contribution in [3.63, 3.8) is 0 Å². The lowest BCUT2D eigenvalue weighted by Gasteiger charge is -2.37. The SMILES string of the molecule is CC(=O)N1CCCN(C(=O)C2(C)CCCNC2)CC1. The van der Waals surface area contributed by atoms with E-state index in [2.05, 4.69) is 12.2 Å². The van der Waals surface area contributed by atoms with Crippen LogP contribution in [0.1, 0.15) is 33.1 Å². The molecule has 0 radical (unpaired) electrons. The van der Waals surface area contributed by atoms with E-state index in [4.69, 9.17) is 0 Å². The third-order valence-corrected chi connectivity index (χ3v) is 4.34. The zero-order chi connectivity index (χ0) is 13.9. The second-order valence-corrected chi connectivity index (χ2v) is 5.99. The molecule has 5 nitrogen and oxygen atoms in total. The molecule has 0 aromatic heterocycles. The first-order chi connectivity index (χ1) is 9.03. The molecule has 1 atom stereocenters. The Morgan fingerprint density at radius 1 is 1.05 bits per heavy atom. The van der Waals surface area contributed by atoms with Gasteiger partial charge in [0.15, 0.2) is 0 Å². The Hall–Kier alpha value is -1.10. The van der Waals surface area contributed by atoms with Crippen LogP contribution in [0.25, 0.3) is 0 Å². The first-order valence-corrected chi connectivity index (χ1v) is 7.28. The Morgan fingerprint density at radius 2 is 1.74 bits per heavy atom. The molecule has 0 aromatic carbocycles. The number of carbonyl (C=O) groups is 2. The Morgan fingerprint density at radius 3 is 2.37 bits per heavy atom. The fourth-order valence-electron chi connectivity index (χ4n) is 3.06. The molecule has 2 aliphatic rings. The van der Waals surface area contributed by atoms with Crippen molar-refractivity contribution in [1.82, 2.24) is 15.1 Å². The van der Waals surface area contributed by atoms with Crippen LogP contribution >= 0.6 is 0 Å². The third kappa shape index (κ3) is 3.26. The number of piperidine rings is 1. The molecular weight excluding hydrogens is 242 g/mol. The van der Waals surface area contributed by atoms with Crippen LogP contribution in [0.2, 0.25) is 0 Å². The highest BCUT2D eigenvalue weighted by molar-refractivity contribution is 5.83. The lowest BCUT2D eigenvalue weighted by atomic mass is 9.81. The van der Waals surface area contributed by atoms with E-state index in [-0.39, 0.29) is 17.2 Å². The normalized spacial score (nSPS) is 28.9. The maximum atomic E-state index is 12.7. The molecule has 0 aromatic rings. The van der Waals surface area contributed by atoms with E-state index in [1.807, 2.05) is 9.80 Å². The minimum Gasteiger partial charge on any atom is -0.341 e. The van der Waals surface area contributed by atoms with Gasteiger partial charge < -0.3 is 15.1 Å². The van der Waals surface area contributed by atoms with E-state index < -0.39 is 0 Å². The standard InChI is InChI=1S/C14H25N3O2/c1-12(18)16-7-4-8-17(10-9-16)13(19)14(2)5-3-6-15-11-14/h15H,3-11H2,1-2H3. The van der Waals surface area contributed by atoms with Crippen LogP contribution in [0.3, 0.4) is 0 Å². The first-order valence-electron chi connectivity index (χ1n) is 7.28. The molecule has 0 aliphatic carbocycles. The third-order valence-electron chi connectivity index (χ3n) is 4.34. The van der Waals surface area contributed by atoms with Crippen molar-refractivity contribution >= 4 is 11.8 Å². The molecule has 0 spiro atoms. The lowest BCUT2D eigenvalue weighted by molar-refractivity contribution is -0.142. The predicted octanol–water partition coefficient (Wildman–Crippen LogP) is 0.457. The number of hydrogen-bond acceptors (Lipinski definition) is 3. The highest BCUT2D eigenvalue weighted by atomic mass is 16.2. The zero-order valence-electron chi connectivity index (χ0n) is 12.1. The second-order valence-electron chi connectivity index (χ2n) is 5.99. The molecule has 2 rings (SSSR count).